The van der Waals surface area contributed by atoms with Gasteiger partial charge < -0.3 is 10.0 Å². The Morgan fingerprint density at radius 1 is 1.53 bits per heavy atom. The number of carbonyl (C=O) groups is 1. The minimum absolute atomic E-state index is 0.00240. The van der Waals surface area contributed by atoms with E-state index in [1.807, 2.05) is 4.90 Å². The summed E-state index contributed by atoms with van der Waals surface area (Å²) in [7, 11) is 0. The lowest BCUT2D eigenvalue weighted by molar-refractivity contribution is 0.0690. The van der Waals surface area contributed by atoms with Crippen LogP contribution in [0.1, 0.15) is 23.3 Å². The molecule has 1 fully saturated rings. The van der Waals surface area contributed by atoms with Gasteiger partial charge in [0.15, 0.2) is 5.69 Å². The second kappa shape index (κ2) is 4.78. The summed E-state index contributed by atoms with van der Waals surface area (Å²) in [5.41, 5.74) is -0.00240. The maximum atomic E-state index is 10.8. The van der Waals surface area contributed by atoms with E-state index >= 15 is 0 Å². The van der Waals surface area contributed by atoms with Crippen molar-refractivity contribution in [1.29, 1.82) is 5.26 Å². The average Bonchev–Trinajstić information content (AvgIpc) is 2.39. The number of hydrogen-bond acceptors (Lipinski definition) is 5. The highest BCUT2D eigenvalue weighted by atomic mass is 16.4. The van der Waals surface area contributed by atoms with E-state index in [4.69, 9.17) is 10.4 Å². The lowest BCUT2D eigenvalue weighted by atomic mass is 9.99. The van der Waals surface area contributed by atoms with Crippen molar-refractivity contribution in [3.8, 4) is 6.07 Å². The Morgan fingerprint density at radius 3 is 2.82 bits per heavy atom. The second-order valence-electron chi connectivity index (χ2n) is 3.94. The molecule has 1 aliphatic heterocycles. The van der Waals surface area contributed by atoms with E-state index in [0.717, 1.165) is 12.8 Å². The molecule has 1 saturated heterocycles. The van der Waals surface area contributed by atoms with Gasteiger partial charge in [0.05, 0.1) is 6.07 Å². The fraction of sp³-hybridized carbons (Fsp3) is 0.455. The summed E-state index contributed by atoms with van der Waals surface area (Å²) in [5, 5.41) is 17.6. The maximum Gasteiger partial charge on any atom is 0.354 e. The smallest absolute Gasteiger partial charge is 0.354 e. The van der Waals surface area contributed by atoms with Crippen molar-refractivity contribution in [3.05, 3.63) is 18.0 Å². The fourth-order valence-corrected chi connectivity index (χ4v) is 1.83. The van der Waals surface area contributed by atoms with Crippen molar-refractivity contribution < 1.29 is 9.90 Å². The Labute approximate surface area is 98.5 Å². The first kappa shape index (κ1) is 11.3. The molecule has 1 N–H and O–H groups in total. The molecular weight excluding hydrogens is 220 g/mol. The van der Waals surface area contributed by atoms with Crippen LogP contribution < -0.4 is 4.90 Å². The number of anilines is 1. The molecule has 0 aromatic carbocycles. The Balaban J connectivity index is 2.11. The zero-order valence-electron chi connectivity index (χ0n) is 9.20. The van der Waals surface area contributed by atoms with Crippen LogP contribution in [-0.2, 0) is 0 Å². The Hall–Kier alpha value is -2.16. The number of rotatable bonds is 2. The maximum absolute atomic E-state index is 10.8. The van der Waals surface area contributed by atoms with Crippen LogP contribution in [0.15, 0.2) is 12.3 Å². The van der Waals surface area contributed by atoms with E-state index in [0.29, 0.717) is 19.0 Å². The second-order valence-corrected chi connectivity index (χ2v) is 3.94. The number of aromatic carboxylic acids is 1. The molecule has 6 nitrogen and oxygen atoms in total. The highest BCUT2D eigenvalue weighted by Crippen LogP contribution is 2.19. The monoisotopic (exact) mass is 232 g/mol. The van der Waals surface area contributed by atoms with Crippen molar-refractivity contribution in [1.82, 2.24) is 9.97 Å². The third-order valence-electron chi connectivity index (χ3n) is 2.82. The van der Waals surface area contributed by atoms with Crippen LogP contribution in [0.4, 0.5) is 5.95 Å². The molecular formula is C11H12N4O2. The van der Waals surface area contributed by atoms with Crippen LogP contribution in [0.5, 0.6) is 0 Å². The number of nitrogens with zero attached hydrogens (tertiary/aromatic N) is 4. The Bertz CT molecular complexity index is 461. The first-order valence-corrected chi connectivity index (χ1v) is 5.41. The molecule has 1 aromatic rings. The molecule has 1 aromatic heterocycles. The molecule has 0 spiro atoms. The minimum atomic E-state index is -1.06. The normalized spacial score (nSPS) is 16.5. The number of piperidine rings is 1. The van der Waals surface area contributed by atoms with Gasteiger partial charge in [0.25, 0.3) is 0 Å². The highest BCUT2D eigenvalue weighted by Gasteiger charge is 2.21. The standard InChI is InChI=1S/C11H12N4O2/c12-7-8-2-5-15(6-3-8)11-13-4-1-9(14-11)10(16)17/h1,4,8H,2-3,5-6H2,(H,16,17). The van der Waals surface area contributed by atoms with Gasteiger partial charge in [-0.05, 0) is 18.9 Å². The minimum Gasteiger partial charge on any atom is -0.477 e. The van der Waals surface area contributed by atoms with Crippen LogP contribution >= 0.6 is 0 Å². The first-order chi connectivity index (χ1) is 8.20. The van der Waals surface area contributed by atoms with Crippen molar-refractivity contribution in [2.24, 2.45) is 5.92 Å². The van der Waals surface area contributed by atoms with Gasteiger partial charge in [-0.3, -0.25) is 0 Å². The lowest BCUT2D eigenvalue weighted by Gasteiger charge is -2.28. The summed E-state index contributed by atoms with van der Waals surface area (Å²) in [4.78, 5) is 20.7. The third-order valence-corrected chi connectivity index (χ3v) is 2.82. The molecule has 17 heavy (non-hydrogen) atoms. The summed E-state index contributed by atoms with van der Waals surface area (Å²) in [6.07, 6.45) is 3.00. The summed E-state index contributed by atoms with van der Waals surface area (Å²) in [5.74, 6) is -0.532. The first-order valence-electron chi connectivity index (χ1n) is 5.41. The topological polar surface area (TPSA) is 90.1 Å². The van der Waals surface area contributed by atoms with Gasteiger partial charge in [-0.25, -0.2) is 14.8 Å². The number of carboxylic acids is 1. The van der Waals surface area contributed by atoms with Crippen LogP contribution in [0.2, 0.25) is 0 Å². The molecule has 0 amide bonds. The van der Waals surface area contributed by atoms with Gasteiger partial charge in [-0.15, -0.1) is 0 Å². The Morgan fingerprint density at radius 2 is 2.24 bits per heavy atom. The number of aromatic nitrogens is 2. The lowest BCUT2D eigenvalue weighted by Crippen LogP contribution is -2.34. The molecule has 1 aliphatic rings. The van der Waals surface area contributed by atoms with E-state index in [-0.39, 0.29) is 11.6 Å². The number of carboxylic acid groups (broad SMARTS) is 1. The largest absolute Gasteiger partial charge is 0.477 e. The number of nitriles is 1. The van der Waals surface area contributed by atoms with E-state index in [1.54, 1.807) is 0 Å². The molecule has 0 bridgehead atoms. The summed E-state index contributed by atoms with van der Waals surface area (Å²) in [6.45, 7) is 1.39. The van der Waals surface area contributed by atoms with Gasteiger partial charge in [0.2, 0.25) is 5.95 Å². The Kier molecular flexibility index (Phi) is 3.19. The van der Waals surface area contributed by atoms with Crippen molar-refractivity contribution in [3.63, 3.8) is 0 Å². The quantitative estimate of drug-likeness (QED) is 0.815. The van der Waals surface area contributed by atoms with Crippen molar-refractivity contribution in [2.45, 2.75) is 12.8 Å². The molecule has 0 radical (unpaired) electrons. The zero-order valence-corrected chi connectivity index (χ0v) is 9.20. The summed E-state index contributed by atoms with van der Waals surface area (Å²) in [6, 6.07) is 3.61. The van der Waals surface area contributed by atoms with Gasteiger partial charge in [0.1, 0.15) is 0 Å². The fourth-order valence-electron chi connectivity index (χ4n) is 1.83. The van der Waals surface area contributed by atoms with Crippen molar-refractivity contribution in [2.75, 3.05) is 18.0 Å². The molecule has 0 atom stereocenters. The summed E-state index contributed by atoms with van der Waals surface area (Å²) >= 11 is 0. The number of hydrogen-bond donors (Lipinski definition) is 1. The molecule has 2 heterocycles. The highest BCUT2D eigenvalue weighted by molar-refractivity contribution is 5.85. The van der Waals surface area contributed by atoms with Crippen LogP contribution in [0.25, 0.3) is 0 Å². The molecule has 0 unspecified atom stereocenters. The van der Waals surface area contributed by atoms with Crippen LogP contribution in [-0.4, -0.2) is 34.1 Å². The summed E-state index contributed by atoms with van der Waals surface area (Å²) < 4.78 is 0. The van der Waals surface area contributed by atoms with E-state index in [2.05, 4.69) is 16.0 Å². The predicted octanol–water partition coefficient (Wildman–Crippen LogP) is 0.915. The molecule has 2 rings (SSSR count). The van der Waals surface area contributed by atoms with Crippen molar-refractivity contribution >= 4 is 11.9 Å². The zero-order chi connectivity index (χ0) is 12.3. The van der Waals surface area contributed by atoms with Gasteiger partial charge in [-0.2, -0.15) is 5.26 Å². The predicted molar refractivity (Wildman–Crippen MR) is 59.5 cm³/mol. The average molecular weight is 232 g/mol. The van der Waals surface area contributed by atoms with E-state index in [1.165, 1.54) is 12.3 Å². The molecule has 88 valence electrons. The third kappa shape index (κ3) is 2.50. The van der Waals surface area contributed by atoms with Crippen LogP contribution in [0.3, 0.4) is 0 Å². The van der Waals surface area contributed by atoms with Gasteiger partial charge in [0, 0.05) is 25.2 Å². The molecule has 0 aliphatic carbocycles. The molecule has 0 saturated carbocycles. The van der Waals surface area contributed by atoms with E-state index < -0.39 is 5.97 Å². The van der Waals surface area contributed by atoms with E-state index in [9.17, 15) is 4.79 Å². The molecule has 6 heteroatoms. The van der Waals surface area contributed by atoms with Crippen LogP contribution in [0, 0.1) is 17.2 Å². The SMILES string of the molecule is N#CC1CCN(c2nccc(C(=O)O)n2)CC1. The van der Waals surface area contributed by atoms with Gasteiger partial charge in [-0.1, -0.05) is 0 Å². The van der Waals surface area contributed by atoms with Gasteiger partial charge >= 0.3 is 5.97 Å².